The van der Waals surface area contributed by atoms with Crippen LogP contribution < -0.4 is 20.1 Å². The fourth-order valence-electron chi connectivity index (χ4n) is 3.70. The lowest BCUT2D eigenvalue weighted by Crippen LogP contribution is -2.36. The minimum absolute atomic E-state index is 0.0184. The molecule has 2 aliphatic rings. The summed E-state index contributed by atoms with van der Waals surface area (Å²) in [6, 6.07) is 5.78. The summed E-state index contributed by atoms with van der Waals surface area (Å²) in [6.45, 7) is 2.82. The summed E-state index contributed by atoms with van der Waals surface area (Å²) in [5.41, 5.74) is 0.636. The van der Waals surface area contributed by atoms with Crippen LogP contribution in [0.25, 0.3) is 0 Å². The molecule has 1 saturated carbocycles. The molecule has 5 heteroatoms. The van der Waals surface area contributed by atoms with E-state index < -0.39 is 0 Å². The van der Waals surface area contributed by atoms with E-state index in [1.165, 1.54) is 19.3 Å². The van der Waals surface area contributed by atoms with Crippen LogP contribution in [0.3, 0.4) is 0 Å². The van der Waals surface area contributed by atoms with Crippen LogP contribution in [0.1, 0.15) is 55.3 Å². The van der Waals surface area contributed by atoms with Crippen molar-refractivity contribution in [1.82, 2.24) is 10.6 Å². The first-order valence-corrected chi connectivity index (χ1v) is 9.58. The first-order valence-electron chi connectivity index (χ1n) is 9.58. The monoisotopic (exact) mass is 346 g/mol. The van der Waals surface area contributed by atoms with Gasteiger partial charge in [0.2, 0.25) is 0 Å². The molecule has 2 fully saturated rings. The third-order valence-corrected chi connectivity index (χ3v) is 5.30. The van der Waals surface area contributed by atoms with Gasteiger partial charge in [-0.1, -0.05) is 19.3 Å². The van der Waals surface area contributed by atoms with Crippen LogP contribution in [0.4, 0.5) is 0 Å². The zero-order chi connectivity index (χ0) is 17.5. The number of piperidine rings is 1. The van der Waals surface area contributed by atoms with Gasteiger partial charge in [0, 0.05) is 11.6 Å². The van der Waals surface area contributed by atoms with Crippen molar-refractivity contribution in [3.63, 3.8) is 0 Å². The van der Waals surface area contributed by atoms with Gasteiger partial charge in [-0.2, -0.15) is 0 Å². The van der Waals surface area contributed by atoms with Crippen molar-refractivity contribution < 1.29 is 14.3 Å². The molecule has 0 radical (unpaired) electrons. The van der Waals surface area contributed by atoms with Crippen LogP contribution in [0, 0.1) is 5.92 Å². The van der Waals surface area contributed by atoms with Crippen LogP contribution >= 0.6 is 0 Å². The van der Waals surface area contributed by atoms with Crippen molar-refractivity contribution in [2.75, 3.05) is 26.8 Å². The zero-order valence-corrected chi connectivity index (χ0v) is 15.2. The summed E-state index contributed by atoms with van der Waals surface area (Å²) in [6.07, 6.45) is 8.15. The van der Waals surface area contributed by atoms with Crippen LogP contribution in [0.15, 0.2) is 18.2 Å². The quantitative estimate of drug-likeness (QED) is 0.831. The Labute approximate surface area is 150 Å². The fraction of sp³-hybridized carbons (Fsp3) is 0.650. The number of carbonyl (C=O) groups excluding carboxylic acids is 1. The Hall–Kier alpha value is -1.75. The van der Waals surface area contributed by atoms with E-state index in [-0.39, 0.29) is 5.91 Å². The van der Waals surface area contributed by atoms with Gasteiger partial charge in [0.05, 0.1) is 13.7 Å². The Kier molecular flexibility index (Phi) is 6.56. The van der Waals surface area contributed by atoms with E-state index in [2.05, 4.69) is 10.6 Å². The maximum Gasteiger partial charge on any atom is 0.251 e. The lowest BCUT2D eigenvalue weighted by molar-refractivity contribution is 0.0927. The van der Waals surface area contributed by atoms with E-state index in [0.29, 0.717) is 29.9 Å². The minimum Gasteiger partial charge on any atom is -0.493 e. The van der Waals surface area contributed by atoms with Gasteiger partial charge in [-0.15, -0.1) is 0 Å². The molecule has 2 N–H and O–H groups in total. The second-order valence-corrected chi connectivity index (χ2v) is 7.18. The molecule has 0 aromatic heterocycles. The van der Waals surface area contributed by atoms with Crippen LogP contribution in [0.2, 0.25) is 0 Å². The predicted octanol–water partition coefficient (Wildman–Crippen LogP) is 3.14. The molecule has 3 rings (SSSR count). The molecule has 0 bridgehead atoms. The highest BCUT2D eigenvalue weighted by Gasteiger charge is 2.19. The summed E-state index contributed by atoms with van der Waals surface area (Å²) in [4.78, 5) is 12.5. The molecule has 5 nitrogen and oxygen atoms in total. The number of benzene rings is 1. The van der Waals surface area contributed by atoms with Crippen molar-refractivity contribution in [1.29, 1.82) is 0 Å². The minimum atomic E-state index is -0.0184. The molecule has 0 spiro atoms. The molecule has 1 aromatic carbocycles. The third-order valence-electron chi connectivity index (χ3n) is 5.30. The van der Waals surface area contributed by atoms with Gasteiger partial charge in [0.25, 0.3) is 5.91 Å². The maximum absolute atomic E-state index is 12.5. The van der Waals surface area contributed by atoms with Crippen LogP contribution in [-0.4, -0.2) is 38.8 Å². The lowest BCUT2D eigenvalue weighted by Gasteiger charge is -2.24. The molecule has 1 saturated heterocycles. The number of hydrogen-bond donors (Lipinski definition) is 2. The Morgan fingerprint density at radius 3 is 2.60 bits per heavy atom. The number of nitrogens with one attached hydrogen (secondary N) is 2. The van der Waals surface area contributed by atoms with E-state index in [4.69, 9.17) is 9.47 Å². The van der Waals surface area contributed by atoms with Crippen molar-refractivity contribution in [3.8, 4) is 11.5 Å². The highest BCUT2D eigenvalue weighted by molar-refractivity contribution is 5.95. The largest absolute Gasteiger partial charge is 0.493 e. The van der Waals surface area contributed by atoms with Crippen molar-refractivity contribution in [3.05, 3.63) is 23.8 Å². The predicted molar refractivity (Wildman–Crippen MR) is 98.4 cm³/mol. The van der Waals surface area contributed by atoms with Crippen LogP contribution in [-0.2, 0) is 0 Å². The summed E-state index contributed by atoms with van der Waals surface area (Å²) in [5.74, 6) is 1.91. The number of hydrogen-bond acceptors (Lipinski definition) is 4. The molecule has 138 valence electrons. The van der Waals surface area contributed by atoms with Crippen molar-refractivity contribution in [2.24, 2.45) is 5.92 Å². The van der Waals surface area contributed by atoms with Gasteiger partial charge < -0.3 is 20.1 Å². The molecule has 1 amide bonds. The molecule has 1 aromatic rings. The van der Waals surface area contributed by atoms with E-state index in [1.54, 1.807) is 13.2 Å². The topological polar surface area (TPSA) is 59.6 Å². The molecule has 0 atom stereocenters. The maximum atomic E-state index is 12.5. The first kappa shape index (κ1) is 18.1. The number of carbonyl (C=O) groups is 1. The summed E-state index contributed by atoms with van der Waals surface area (Å²) in [5, 5.41) is 6.51. The average Bonchev–Trinajstić information content (AvgIpc) is 2.67. The average molecular weight is 346 g/mol. The standard InChI is InChI=1S/C20H30N2O3/c1-24-19-13-16(20(23)22-17-5-3-2-4-6-17)7-8-18(19)25-14-15-9-11-21-12-10-15/h7-8,13,15,17,21H,2-6,9-12,14H2,1H3,(H,22,23). The number of ether oxygens (including phenoxy) is 2. The normalized spacial score (nSPS) is 19.4. The molecular formula is C20H30N2O3. The van der Waals surface area contributed by atoms with Crippen molar-refractivity contribution >= 4 is 5.91 Å². The Morgan fingerprint density at radius 2 is 1.88 bits per heavy atom. The van der Waals surface area contributed by atoms with Gasteiger partial charge in [0.1, 0.15) is 0 Å². The molecule has 1 aliphatic carbocycles. The second kappa shape index (κ2) is 9.09. The number of rotatable bonds is 6. The molecule has 1 heterocycles. The van der Waals surface area contributed by atoms with Crippen LogP contribution in [0.5, 0.6) is 11.5 Å². The van der Waals surface area contributed by atoms with E-state index in [9.17, 15) is 4.79 Å². The molecule has 25 heavy (non-hydrogen) atoms. The first-order chi connectivity index (χ1) is 12.3. The third kappa shape index (κ3) is 5.11. The molecule has 0 unspecified atom stereocenters. The fourth-order valence-corrected chi connectivity index (χ4v) is 3.70. The Bertz CT molecular complexity index is 564. The highest BCUT2D eigenvalue weighted by Crippen LogP contribution is 2.29. The zero-order valence-electron chi connectivity index (χ0n) is 15.2. The highest BCUT2D eigenvalue weighted by atomic mass is 16.5. The number of methoxy groups -OCH3 is 1. The lowest BCUT2D eigenvalue weighted by atomic mass is 9.95. The van der Waals surface area contributed by atoms with E-state index >= 15 is 0 Å². The van der Waals surface area contributed by atoms with Gasteiger partial charge in [-0.05, 0) is 62.9 Å². The number of amides is 1. The smallest absolute Gasteiger partial charge is 0.251 e. The Balaban J connectivity index is 1.58. The summed E-state index contributed by atoms with van der Waals surface area (Å²) in [7, 11) is 1.62. The SMILES string of the molecule is COc1cc(C(=O)NC2CCCCC2)ccc1OCC1CCNCC1. The van der Waals surface area contributed by atoms with Gasteiger partial charge >= 0.3 is 0 Å². The van der Waals surface area contributed by atoms with Gasteiger partial charge in [-0.3, -0.25) is 4.79 Å². The second-order valence-electron chi connectivity index (χ2n) is 7.18. The molecule has 1 aliphatic heterocycles. The summed E-state index contributed by atoms with van der Waals surface area (Å²) >= 11 is 0. The van der Waals surface area contributed by atoms with Gasteiger partial charge in [-0.25, -0.2) is 0 Å². The van der Waals surface area contributed by atoms with Crippen molar-refractivity contribution in [2.45, 2.75) is 51.0 Å². The summed E-state index contributed by atoms with van der Waals surface area (Å²) < 4.78 is 11.4. The molecular weight excluding hydrogens is 316 g/mol. The van der Waals surface area contributed by atoms with E-state index in [1.807, 2.05) is 12.1 Å². The van der Waals surface area contributed by atoms with E-state index in [0.717, 1.165) is 44.5 Å². The van der Waals surface area contributed by atoms with Gasteiger partial charge in [0.15, 0.2) is 11.5 Å². The Morgan fingerprint density at radius 1 is 1.12 bits per heavy atom.